The largest absolute Gasteiger partial charge is 0.464 e. The van der Waals surface area contributed by atoms with Crippen LogP contribution in [-0.2, 0) is 14.7 Å². The van der Waals surface area contributed by atoms with Gasteiger partial charge in [-0.15, -0.1) is 0 Å². The van der Waals surface area contributed by atoms with E-state index in [9.17, 15) is 0 Å². The number of rotatable bonds is 3. The zero-order valence-electron chi connectivity index (χ0n) is 7.62. The molecule has 1 aromatic heterocycles. The Balaban J connectivity index is 2.34. The minimum Gasteiger partial charge on any atom is -0.464 e. The number of aryl methyl sites for hydroxylation is 1. The Morgan fingerprint density at radius 2 is 2.29 bits per heavy atom. The fraction of sp³-hybridized carbons (Fsp3) is 0.200. The van der Waals surface area contributed by atoms with Gasteiger partial charge in [0.05, 0.1) is 6.26 Å². The lowest BCUT2D eigenvalue weighted by Gasteiger charge is -1.99. The maximum atomic E-state index is 5.33. The number of furan rings is 1. The summed E-state index contributed by atoms with van der Waals surface area (Å²) in [5.41, 5.74) is 3.11. The Hall–Kier alpha value is -0.590. The summed E-state index contributed by atoms with van der Waals surface area (Å²) in [6.45, 7) is 2.47. The van der Waals surface area contributed by atoms with Crippen LogP contribution in [0.25, 0.3) is 11.0 Å². The number of benzene rings is 1. The van der Waals surface area contributed by atoms with Gasteiger partial charge in [0.1, 0.15) is 12.2 Å². The summed E-state index contributed by atoms with van der Waals surface area (Å²) in [6, 6.07) is 5.94. The van der Waals surface area contributed by atoms with Gasteiger partial charge in [-0.2, -0.15) is 3.22 Å². The third-order valence-corrected chi connectivity index (χ3v) is 2.36. The summed E-state index contributed by atoms with van der Waals surface area (Å²) in [4.78, 5) is 4.84. The molecule has 0 atom stereocenters. The lowest BCUT2D eigenvalue weighted by atomic mass is 10.1. The van der Waals surface area contributed by atoms with Crippen LogP contribution >= 0.6 is 23.0 Å². The van der Waals surface area contributed by atoms with Crippen LogP contribution in [0.5, 0.6) is 0 Å². The predicted octanol–water partition coefficient (Wildman–Crippen LogP) is 3.54. The molecule has 2 rings (SSSR count). The number of hydrogen-bond donors (Lipinski definition) is 0. The lowest BCUT2D eigenvalue weighted by molar-refractivity contribution is -0.177. The lowest BCUT2D eigenvalue weighted by Crippen LogP contribution is -1.87. The number of fused-ring (bicyclic) bond motifs is 1. The van der Waals surface area contributed by atoms with E-state index in [-0.39, 0.29) is 0 Å². The van der Waals surface area contributed by atoms with Crippen molar-refractivity contribution in [3.8, 4) is 0 Å². The van der Waals surface area contributed by atoms with Gasteiger partial charge in [0.2, 0.25) is 0 Å². The Bertz CT molecular complexity index is 436. The van der Waals surface area contributed by atoms with Crippen LogP contribution in [-0.4, -0.2) is 0 Å². The van der Waals surface area contributed by atoms with Crippen LogP contribution in [0.4, 0.5) is 0 Å². The van der Waals surface area contributed by atoms with Crippen molar-refractivity contribution in [2.45, 2.75) is 13.5 Å². The molecule has 0 unspecified atom stereocenters. The van der Waals surface area contributed by atoms with Crippen LogP contribution in [0.2, 0.25) is 0 Å². The normalized spacial score (nSPS) is 11.0. The predicted molar refractivity (Wildman–Crippen MR) is 60.8 cm³/mol. The van der Waals surface area contributed by atoms with E-state index in [1.54, 1.807) is 29.3 Å². The fourth-order valence-corrected chi connectivity index (χ4v) is 1.51. The maximum Gasteiger partial charge on any atom is 0.155 e. The van der Waals surface area contributed by atoms with Crippen LogP contribution in [0, 0.1) is 6.92 Å². The van der Waals surface area contributed by atoms with Gasteiger partial charge >= 0.3 is 0 Å². The maximum absolute atomic E-state index is 5.33. The van der Waals surface area contributed by atoms with E-state index in [2.05, 4.69) is 3.22 Å². The fourth-order valence-electron chi connectivity index (χ4n) is 1.38. The van der Waals surface area contributed by atoms with Gasteiger partial charge in [0.15, 0.2) is 23.0 Å². The molecule has 1 heterocycles. The van der Waals surface area contributed by atoms with Gasteiger partial charge < -0.3 is 4.42 Å². The summed E-state index contributed by atoms with van der Waals surface area (Å²) in [7, 11) is 0. The number of hydrogen-bond acceptors (Lipinski definition) is 3. The molecule has 0 amide bonds. The van der Waals surface area contributed by atoms with Gasteiger partial charge in [-0.1, -0.05) is 6.07 Å². The molecule has 0 bridgehead atoms. The van der Waals surface area contributed by atoms with E-state index >= 15 is 0 Å². The van der Waals surface area contributed by atoms with Gasteiger partial charge in [-0.25, -0.2) is 4.89 Å². The van der Waals surface area contributed by atoms with Gasteiger partial charge in [0.25, 0.3) is 0 Å². The first-order valence-electron chi connectivity index (χ1n) is 4.18. The third-order valence-electron chi connectivity index (χ3n) is 2.10. The first-order valence-corrected chi connectivity index (χ1v) is 5.06. The quantitative estimate of drug-likeness (QED) is 0.494. The zero-order chi connectivity index (χ0) is 9.97. The van der Waals surface area contributed by atoms with Crippen LogP contribution in [0.15, 0.2) is 28.9 Å². The smallest absolute Gasteiger partial charge is 0.155 e. The highest BCUT2D eigenvalue weighted by Crippen LogP contribution is 2.22. The molecule has 0 spiro atoms. The van der Waals surface area contributed by atoms with Crippen molar-refractivity contribution in [1.29, 1.82) is 0 Å². The zero-order valence-corrected chi connectivity index (χ0v) is 9.78. The number of halogens is 1. The van der Waals surface area contributed by atoms with E-state index in [0.717, 1.165) is 22.1 Å². The van der Waals surface area contributed by atoms with Crippen LogP contribution < -0.4 is 0 Å². The first kappa shape index (κ1) is 9.95. The van der Waals surface area contributed by atoms with E-state index in [4.69, 9.17) is 9.30 Å². The van der Waals surface area contributed by atoms with E-state index in [1.807, 2.05) is 25.1 Å². The van der Waals surface area contributed by atoms with E-state index < -0.39 is 0 Å². The van der Waals surface area contributed by atoms with E-state index in [0.29, 0.717) is 6.61 Å². The van der Waals surface area contributed by atoms with Crippen molar-refractivity contribution in [1.82, 2.24) is 0 Å². The van der Waals surface area contributed by atoms with Crippen molar-refractivity contribution in [2.24, 2.45) is 0 Å². The minimum atomic E-state index is 0.448. The summed E-state index contributed by atoms with van der Waals surface area (Å²) in [6.07, 6.45) is 1.75. The standard InChI is InChI=1S/C10H9IO3/c1-7-5-12-10-3-2-8(4-9(7)10)6-13-14-11/h2-5H,6H2,1H3. The molecule has 2 aromatic rings. The Morgan fingerprint density at radius 3 is 3.07 bits per heavy atom. The molecule has 0 saturated carbocycles. The topological polar surface area (TPSA) is 31.6 Å². The Morgan fingerprint density at radius 1 is 1.43 bits per heavy atom. The highest BCUT2D eigenvalue weighted by atomic mass is 127. The van der Waals surface area contributed by atoms with Crippen molar-refractivity contribution in [2.75, 3.05) is 0 Å². The molecule has 0 fully saturated rings. The second-order valence-electron chi connectivity index (χ2n) is 3.07. The summed E-state index contributed by atoms with van der Waals surface area (Å²) in [5, 5.41) is 1.12. The molecule has 4 heteroatoms. The average Bonchev–Trinajstić information content (AvgIpc) is 2.57. The molecule has 1 aromatic carbocycles. The molecule has 0 aliphatic heterocycles. The molecule has 0 saturated heterocycles. The van der Waals surface area contributed by atoms with Crippen LogP contribution in [0.3, 0.4) is 0 Å². The molecule has 0 aliphatic rings. The molecule has 3 nitrogen and oxygen atoms in total. The Labute approximate surface area is 95.6 Å². The van der Waals surface area contributed by atoms with Crippen molar-refractivity contribution < 1.29 is 12.5 Å². The minimum absolute atomic E-state index is 0.448. The average molecular weight is 304 g/mol. The van der Waals surface area contributed by atoms with Crippen molar-refractivity contribution >= 4 is 34.0 Å². The highest BCUT2D eigenvalue weighted by molar-refractivity contribution is 14.1. The van der Waals surface area contributed by atoms with Gasteiger partial charge in [-0.05, 0) is 30.2 Å². The summed E-state index contributed by atoms with van der Waals surface area (Å²) >= 11 is 1.70. The molecule has 0 N–H and O–H groups in total. The summed E-state index contributed by atoms with van der Waals surface area (Å²) in [5.74, 6) is 0. The second kappa shape index (κ2) is 4.29. The second-order valence-corrected chi connectivity index (χ2v) is 3.43. The molecule has 0 radical (unpaired) electrons. The SMILES string of the molecule is Cc1coc2ccc(COOI)cc12. The first-order chi connectivity index (χ1) is 6.81. The van der Waals surface area contributed by atoms with Gasteiger partial charge in [0, 0.05) is 5.39 Å². The van der Waals surface area contributed by atoms with Crippen molar-refractivity contribution in [3.05, 3.63) is 35.6 Å². The Kier molecular flexibility index (Phi) is 3.05. The molecule has 74 valence electrons. The monoisotopic (exact) mass is 304 g/mol. The van der Waals surface area contributed by atoms with Crippen molar-refractivity contribution in [3.63, 3.8) is 0 Å². The molecule has 0 aliphatic carbocycles. The summed E-state index contributed by atoms with van der Waals surface area (Å²) < 4.78 is 9.85. The molecule has 14 heavy (non-hydrogen) atoms. The van der Waals surface area contributed by atoms with Crippen LogP contribution in [0.1, 0.15) is 11.1 Å². The van der Waals surface area contributed by atoms with Gasteiger partial charge in [-0.3, -0.25) is 0 Å². The third kappa shape index (κ3) is 1.92. The molecular formula is C10H9IO3. The van der Waals surface area contributed by atoms with E-state index in [1.165, 1.54) is 0 Å². The highest BCUT2D eigenvalue weighted by Gasteiger charge is 2.03. The molecular weight excluding hydrogens is 295 g/mol.